The highest BCUT2D eigenvalue weighted by Crippen LogP contribution is 2.26. The van der Waals surface area contributed by atoms with Crippen molar-refractivity contribution < 1.29 is 0 Å². The molecule has 0 amide bonds. The van der Waals surface area contributed by atoms with Gasteiger partial charge in [0.2, 0.25) is 0 Å². The quantitative estimate of drug-likeness (QED) is 0.797. The molecule has 0 aromatic carbocycles. The zero-order valence-electron chi connectivity index (χ0n) is 11.5. The molecule has 1 aliphatic heterocycles. The highest BCUT2D eigenvalue weighted by molar-refractivity contribution is 9.10. The van der Waals surface area contributed by atoms with Crippen molar-refractivity contribution in [3.63, 3.8) is 0 Å². The van der Waals surface area contributed by atoms with Crippen LogP contribution in [0.5, 0.6) is 0 Å². The minimum absolute atomic E-state index is 0.598. The SMILES string of the molecule is N#Cc1ccc(Br)nc1N1CCC(Cn2ccnn2)CC1. The zero-order chi connectivity index (χ0) is 14.7. The summed E-state index contributed by atoms with van der Waals surface area (Å²) in [6, 6.07) is 5.84. The van der Waals surface area contributed by atoms with Gasteiger partial charge in [0.1, 0.15) is 16.5 Å². The maximum absolute atomic E-state index is 9.21. The van der Waals surface area contributed by atoms with Crippen molar-refractivity contribution in [3.8, 4) is 6.07 Å². The molecule has 0 spiro atoms. The van der Waals surface area contributed by atoms with Crippen LogP contribution in [0.4, 0.5) is 5.82 Å². The fourth-order valence-corrected chi connectivity index (χ4v) is 2.98. The van der Waals surface area contributed by atoms with Gasteiger partial charge in [-0.2, -0.15) is 5.26 Å². The molecule has 1 aliphatic rings. The molecular formula is C14H15BrN6. The molecule has 2 aromatic heterocycles. The van der Waals surface area contributed by atoms with E-state index < -0.39 is 0 Å². The largest absolute Gasteiger partial charge is 0.355 e. The average Bonchev–Trinajstić information content (AvgIpc) is 3.01. The van der Waals surface area contributed by atoms with E-state index in [0.29, 0.717) is 11.5 Å². The normalized spacial score (nSPS) is 15.9. The summed E-state index contributed by atoms with van der Waals surface area (Å²) in [5, 5.41) is 17.1. The Labute approximate surface area is 131 Å². The van der Waals surface area contributed by atoms with Crippen molar-refractivity contribution in [3.05, 3.63) is 34.7 Å². The first-order chi connectivity index (χ1) is 10.3. The van der Waals surface area contributed by atoms with Gasteiger partial charge in [0.05, 0.1) is 11.8 Å². The molecule has 108 valence electrons. The van der Waals surface area contributed by atoms with Crippen molar-refractivity contribution in [1.82, 2.24) is 20.0 Å². The number of nitriles is 1. The summed E-state index contributed by atoms with van der Waals surface area (Å²) in [6.45, 7) is 2.74. The Morgan fingerprint density at radius 3 is 2.81 bits per heavy atom. The van der Waals surface area contributed by atoms with E-state index in [4.69, 9.17) is 0 Å². The van der Waals surface area contributed by atoms with E-state index in [1.54, 1.807) is 12.3 Å². The Kier molecular flexibility index (Phi) is 4.15. The lowest BCUT2D eigenvalue weighted by atomic mass is 9.96. The standard InChI is InChI=1S/C14H15BrN6/c15-13-2-1-12(9-16)14(18-13)20-6-3-11(4-7-20)10-21-8-5-17-19-21/h1-2,5,8,11H,3-4,6-7,10H2. The van der Waals surface area contributed by atoms with Gasteiger partial charge in [-0.3, -0.25) is 4.68 Å². The van der Waals surface area contributed by atoms with Crippen LogP contribution in [-0.2, 0) is 6.54 Å². The van der Waals surface area contributed by atoms with Crippen molar-refractivity contribution >= 4 is 21.7 Å². The molecule has 0 atom stereocenters. The summed E-state index contributed by atoms with van der Waals surface area (Å²) in [6.07, 6.45) is 5.74. The zero-order valence-corrected chi connectivity index (χ0v) is 13.1. The Bertz CT molecular complexity index is 640. The van der Waals surface area contributed by atoms with Gasteiger partial charge >= 0.3 is 0 Å². The Morgan fingerprint density at radius 1 is 1.33 bits per heavy atom. The number of anilines is 1. The van der Waals surface area contributed by atoms with Crippen molar-refractivity contribution in [2.75, 3.05) is 18.0 Å². The van der Waals surface area contributed by atoms with Crippen LogP contribution in [0, 0.1) is 17.2 Å². The smallest absolute Gasteiger partial charge is 0.147 e. The highest BCUT2D eigenvalue weighted by atomic mass is 79.9. The molecule has 0 aliphatic carbocycles. The molecule has 0 bridgehead atoms. The number of hydrogen-bond acceptors (Lipinski definition) is 5. The third-order valence-electron chi connectivity index (χ3n) is 3.79. The topological polar surface area (TPSA) is 70.6 Å². The summed E-state index contributed by atoms with van der Waals surface area (Å²) in [5.41, 5.74) is 0.632. The molecule has 0 saturated carbocycles. The Balaban J connectivity index is 1.66. The van der Waals surface area contributed by atoms with Gasteiger partial charge in [-0.05, 0) is 46.8 Å². The van der Waals surface area contributed by atoms with E-state index in [2.05, 4.69) is 42.2 Å². The predicted octanol–water partition coefficient (Wildman–Crippen LogP) is 2.22. The minimum atomic E-state index is 0.598. The van der Waals surface area contributed by atoms with E-state index >= 15 is 0 Å². The Morgan fingerprint density at radius 2 is 2.14 bits per heavy atom. The number of hydrogen-bond donors (Lipinski definition) is 0. The van der Waals surface area contributed by atoms with Gasteiger partial charge in [-0.25, -0.2) is 4.98 Å². The Hall–Kier alpha value is -1.94. The lowest BCUT2D eigenvalue weighted by Crippen LogP contribution is -2.36. The number of piperidine rings is 1. The third kappa shape index (κ3) is 3.22. The van der Waals surface area contributed by atoms with Crippen LogP contribution in [0.1, 0.15) is 18.4 Å². The van der Waals surface area contributed by atoms with Crippen molar-refractivity contribution in [1.29, 1.82) is 5.26 Å². The second-order valence-corrected chi connectivity index (χ2v) is 5.98. The van der Waals surface area contributed by atoms with E-state index in [9.17, 15) is 5.26 Å². The number of halogens is 1. The maximum atomic E-state index is 9.21. The fourth-order valence-electron chi connectivity index (χ4n) is 2.68. The second-order valence-electron chi connectivity index (χ2n) is 5.17. The van der Waals surface area contributed by atoms with Crippen LogP contribution in [0.2, 0.25) is 0 Å². The number of pyridine rings is 1. The van der Waals surface area contributed by atoms with E-state index in [-0.39, 0.29) is 0 Å². The minimum Gasteiger partial charge on any atom is -0.355 e. The monoisotopic (exact) mass is 346 g/mol. The first kappa shape index (κ1) is 14.0. The van der Waals surface area contributed by atoms with Crippen LogP contribution in [-0.4, -0.2) is 33.1 Å². The molecule has 3 heterocycles. The molecule has 2 aromatic rings. The van der Waals surface area contributed by atoms with Gasteiger partial charge < -0.3 is 4.90 Å². The molecular weight excluding hydrogens is 332 g/mol. The van der Waals surface area contributed by atoms with E-state index in [0.717, 1.165) is 42.9 Å². The van der Waals surface area contributed by atoms with Gasteiger partial charge in [0, 0.05) is 25.8 Å². The summed E-state index contributed by atoms with van der Waals surface area (Å²) in [4.78, 5) is 6.66. The van der Waals surface area contributed by atoms with Gasteiger partial charge in [-0.15, -0.1) is 5.10 Å². The molecule has 6 nitrogen and oxygen atoms in total. The van der Waals surface area contributed by atoms with Crippen LogP contribution < -0.4 is 4.90 Å². The third-order valence-corrected chi connectivity index (χ3v) is 4.23. The molecule has 0 N–H and O–H groups in total. The maximum Gasteiger partial charge on any atom is 0.147 e. The van der Waals surface area contributed by atoms with E-state index in [1.807, 2.05) is 16.9 Å². The molecule has 1 saturated heterocycles. The molecule has 0 radical (unpaired) electrons. The molecule has 21 heavy (non-hydrogen) atoms. The fraction of sp³-hybridized carbons (Fsp3) is 0.429. The van der Waals surface area contributed by atoms with Gasteiger partial charge in [0.15, 0.2) is 0 Å². The average molecular weight is 347 g/mol. The molecule has 7 heteroatoms. The van der Waals surface area contributed by atoms with Gasteiger partial charge in [-0.1, -0.05) is 5.21 Å². The first-order valence-corrected chi connectivity index (χ1v) is 7.71. The lowest BCUT2D eigenvalue weighted by Gasteiger charge is -2.33. The van der Waals surface area contributed by atoms with Crippen molar-refractivity contribution in [2.24, 2.45) is 5.92 Å². The summed E-state index contributed by atoms with van der Waals surface area (Å²) in [7, 11) is 0. The molecule has 1 fully saturated rings. The first-order valence-electron chi connectivity index (χ1n) is 6.92. The van der Waals surface area contributed by atoms with Crippen LogP contribution in [0.3, 0.4) is 0 Å². The van der Waals surface area contributed by atoms with Crippen LogP contribution >= 0.6 is 15.9 Å². The summed E-state index contributed by atoms with van der Waals surface area (Å²) in [5.74, 6) is 1.38. The second kappa shape index (κ2) is 6.22. The summed E-state index contributed by atoms with van der Waals surface area (Å²) < 4.78 is 2.65. The summed E-state index contributed by atoms with van der Waals surface area (Å²) >= 11 is 3.38. The number of rotatable bonds is 3. The van der Waals surface area contributed by atoms with Crippen LogP contribution in [0.25, 0.3) is 0 Å². The number of aromatic nitrogens is 4. The molecule has 0 unspecified atom stereocenters. The number of nitrogens with zero attached hydrogens (tertiary/aromatic N) is 6. The van der Waals surface area contributed by atoms with Crippen LogP contribution in [0.15, 0.2) is 29.1 Å². The highest BCUT2D eigenvalue weighted by Gasteiger charge is 2.22. The predicted molar refractivity (Wildman–Crippen MR) is 81.6 cm³/mol. The van der Waals surface area contributed by atoms with E-state index in [1.165, 1.54) is 0 Å². The lowest BCUT2D eigenvalue weighted by molar-refractivity contribution is 0.338. The van der Waals surface area contributed by atoms with Gasteiger partial charge in [0.25, 0.3) is 0 Å². The molecule has 3 rings (SSSR count). The van der Waals surface area contributed by atoms with Crippen molar-refractivity contribution in [2.45, 2.75) is 19.4 Å².